The average molecular weight is 319 g/mol. The molecule has 1 heterocycles. The highest BCUT2D eigenvalue weighted by molar-refractivity contribution is 4.91. The summed E-state index contributed by atoms with van der Waals surface area (Å²) in [5.74, 6) is 1.96. The van der Waals surface area contributed by atoms with Gasteiger partial charge in [-0.25, -0.2) is 0 Å². The fraction of sp³-hybridized carbons (Fsp3) is 0.947. The van der Waals surface area contributed by atoms with E-state index < -0.39 is 0 Å². The van der Waals surface area contributed by atoms with Crippen molar-refractivity contribution >= 4 is 0 Å². The van der Waals surface area contributed by atoms with Crippen LogP contribution < -0.4 is 5.32 Å². The summed E-state index contributed by atoms with van der Waals surface area (Å²) in [6.07, 6.45) is 11.4. The molecule has 3 rings (SSSR count). The Morgan fingerprint density at radius 2 is 1.87 bits per heavy atom. The molecule has 0 spiro atoms. The number of nitrogens with zero attached hydrogens (tertiary/aromatic N) is 2. The van der Waals surface area contributed by atoms with Crippen molar-refractivity contribution in [3.63, 3.8) is 0 Å². The molecule has 3 atom stereocenters. The molecule has 2 saturated carbocycles. The van der Waals surface area contributed by atoms with Crippen LogP contribution in [0.15, 0.2) is 0 Å². The van der Waals surface area contributed by atoms with Gasteiger partial charge in [-0.15, -0.1) is 0 Å². The van der Waals surface area contributed by atoms with Gasteiger partial charge < -0.3 is 10.4 Å². The first kappa shape index (κ1) is 17.2. The van der Waals surface area contributed by atoms with Crippen molar-refractivity contribution in [1.29, 1.82) is 5.26 Å². The lowest BCUT2D eigenvalue weighted by atomic mass is 9.86. The third-order valence-electron chi connectivity index (χ3n) is 6.07. The fourth-order valence-corrected chi connectivity index (χ4v) is 4.59. The van der Waals surface area contributed by atoms with Crippen LogP contribution in [0.5, 0.6) is 0 Å². The van der Waals surface area contributed by atoms with E-state index in [1.807, 2.05) is 0 Å². The summed E-state index contributed by atoms with van der Waals surface area (Å²) in [4.78, 5) is 2.28. The van der Waals surface area contributed by atoms with E-state index in [-0.39, 0.29) is 6.10 Å². The Hall–Kier alpha value is -0.630. The molecular formula is C19H33N3O. The maximum Gasteiger partial charge on any atom is 0.0866 e. The number of aliphatic hydroxyl groups is 1. The maximum absolute atomic E-state index is 10.3. The minimum Gasteiger partial charge on any atom is -0.393 e. The summed E-state index contributed by atoms with van der Waals surface area (Å²) in [7, 11) is 0. The lowest BCUT2D eigenvalue weighted by molar-refractivity contribution is 0.0785. The summed E-state index contributed by atoms with van der Waals surface area (Å²) in [5.41, 5.74) is 0. The molecule has 3 fully saturated rings. The Morgan fingerprint density at radius 3 is 2.57 bits per heavy atom. The van der Waals surface area contributed by atoms with E-state index in [1.165, 1.54) is 51.4 Å². The van der Waals surface area contributed by atoms with Gasteiger partial charge in [0.25, 0.3) is 0 Å². The largest absolute Gasteiger partial charge is 0.393 e. The molecule has 0 bridgehead atoms. The van der Waals surface area contributed by atoms with E-state index in [9.17, 15) is 5.11 Å². The van der Waals surface area contributed by atoms with E-state index in [4.69, 9.17) is 5.26 Å². The van der Waals surface area contributed by atoms with Crippen LogP contribution >= 0.6 is 0 Å². The van der Waals surface area contributed by atoms with Crippen molar-refractivity contribution in [2.45, 2.75) is 69.9 Å². The van der Waals surface area contributed by atoms with Crippen LogP contribution in [0, 0.1) is 29.1 Å². The van der Waals surface area contributed by atoms with Crippen molar-refractivity contribution in [1.82, 2.24) is 10.2 Å². The molecule has 1 aliphatic heterocycles. The predicted molar refractivity (Wildman–Crippen MR) is 91.9 cm³/mol. The molecule has 0 aromatic carbocycles. The van der Waals surface area contributed by atoms with Crippen LogP contribution in [0.4, 0.5) is 0 Å². The van der Waals surface area contributed by atoms with Gasteiger partial charge in [0.15, 0.2) is 0 Å². The number of likely N-dealkylation sites (tertiary alicyclic amines) is 1. The molecule has 0 amide bonds. The molecular weight excluding hydrogens is 286 g/mol. The van der Waals surface area contributed by atoms with E-state index in [0.29, 0.717) is 24.4 Å². The number of hydrogen-bond donors (Lipinski definition) is 2. The molecule has 0 aromatic heterocycles. The topological polar surface area (TPSA) is 59.3 Å². The maximum atomic E-state index is 10.3. The number of rotatable bonds is 7. The van der Waals surface area contributed by atoms with Gasteiger partial charge in [-0.05, 0) is 62.8 Å². The van der Waals surface area contributed by atoms with Crippen molar-refractivity contribution in [3.05, 3.63) is 0 Å². The summed E-state index contributed by atoms with van der Waals surface area (Å²) in [5, 5.41) is 23.1. The smallest absolute Gasteiger partial charge is 0.0866 e. The van der Waals surface area contributed by atoms with E-state index in [0.717, 1.165) is 32.0 Å². The van der Waals surface area contributed by atoms with Crippen LogP contribution in [-0.4, -0.2) is 48.3 Å². The van der Waals surface area contributed by atoms with Gasteiger partial charge in [0.2, 0.25) is 0 Å². The summed E-state index contributed by atoms with van der Waals surface area (Å²) in [6.45, 7) is 3.65. The van der Waals surface area contributed by atoms with Crippen LogP contribution in [-0.2, 0) is 0 Å². The minimum absolute atomic E-state index is 0.110. The zero-order valence-electron chi connectivity index (χ0n) is 14.4. The molecule has 4 heteroatoms. The fourth-order valence-electron chi connectivity index (χ4n) is 4.59. The van der Waals surface area contributed by atoms with Gasteiger partial charge in [0.1, 0.15) is 0 Å². The number of nitriles is 1. The zero-order chi connectivity index (χ0) is 16.1. The van der Waals surface area contributed by atoms with Crippen LogP contribution in [0.25, 0.3) is 0 Å². The summed E-state index contributed by atoms with van der Waals surface area (Å²) >= 11 is 0. The highest BCUT2D eigenvalue weighted by atomic mass is 16.3. The monoisotopic (exact) mass is 319 g/mol. The molecule has 0 radical (unpaired) electrons. The number of hydrogen-bond acceptors (Lipinski definition) is 4. The molecule has 0 aromatic rings. The van der Waals surface area contributed by atoms with Crippen molar-refractivity contribution < 1.29 is 5.11 Å². The zero-order valence-corrected chi connectivity index (χ0v) is 14.4. The van der Waals surface area contributed by atoms with Crippen molar-refractivity contribution in [2.75, 3.05) is 26.2 Å². The Labute approximate surface area is 141 Å². The Kier molecular flexibility index (Phi) is 6.33. The Morgan fingerprint density at radius 1 is 1.09 bits per heavy atom. The third kappa shape index (κ3) is 5.45. The standard InChI is InChI=1S/C19H33N3O/c20-8-9-22-13-16(11-19(23)17-6-7-17)10-18(14-22)21-12-15-4-2-1-3-5-15/h15-19,21,23H,1-7,9-14H2. The Bertz CT molecular complexity index is 398. The minimum atomic E-state index is -0.110. The molecule has 2 N–H and O–H groups in total. The van der Waals surface area contributed by atoms with Gasteiger partial charge >= 0.3 is 0 Å². The van der Waals surface area contributed by atoms with Crippen molar-refractivity contribution in [2.24, 2.45) is 17.8 Å². The van der Waals surface area contributed by atoms with E-state index >= 15 is 0 Å². The second-order valence-corrected chi connectivity index (χ2v) is 8.20. The van der Waals surface area contributed by atoms with Gasteiger partial charge in [0.05, 0.1) is 18.7 Å². The first-order chi connectivity index (χ1) is 11.2. The lowest BCUT2D eigenvalue weighted by Gasteiger charge is -2.38. The van der Waals surface area contributed by atoms with Crippen LogP contribution in [0.2, 0.25) is 0 Å². The van der Waals surface area contributed by atoms with E-state index in [2.05, 4.69) is 16.3 Å². The first-order valence-electron chi connectivity index (χ1n) is 9.75. The van der Waals surface area contributed by atoms with Crippen LogP contribution in [0.1, 0.15) is 57.8 Å². The number of nitrogens with one attached hydrogen (secondary N) is 1. The third-order valence-corrected chi connectivity index (χ3v) is 6.07. The second kappa shape index (κ2) is 8.46. The highest BCUT2D eigenvalue weighted by Crippen LogP contribution is 2.36. The summed E-state index contributed by atoms with van der Waals surface area (Å²) < 4.78 is 0. The SMILES string of the molecule is N#CCN1CC(CC(O)C2CC2)CC(NCC2CCCCC2)C1. The lowest BCUT2D eigenvalue weighted by Crippen LogP contribution is -2.50. The van der Waals surface area contributed by atoms with Gasteiger partial charge in [-0.2, -0.15) is 5.26 Å². The summed E-state index contributed by atoms with van der Waals surface area (Å²) in [6, 6.07) is 2.80. The first-order valence-corrected chi connectivity index (χ1v) is 9.75. The second-order valence-electron chi connectivity index (χ2n) is 8.20. The number of aliphatic hydroxyl groups excluding tert-OH is 1. The predicted octanol–water partition coefficient (Wildman–Crippen LogP) is 2.53. The molecule has 1 saturated heterocycles. The highest BCUT2D eigenvalue weighted by Gasteiger charge is 2.34. The van der Waals surface area contributed by atoms with Gasteiger partial charge in [0, 0.05) is 19.1 Å². The van der Waals surface area contributed by atoms with E-state index in [1.54, 1.807) is 0 Å². The molecule has 23 heavy (non-hydrogen) atoms. The quantitative estimate of drug-likeness (QED) is 0.708. The van der Waals surface area contributed by atoms with Crippen LogP contribution in [0.3, 0.4) is 0 Å². The Balaban J connectivity index is 1.47. The molecule has 2 aliphatic carbocycles. The molecule has 130 valence electrons. The number of piperidine rings is 1. The average Bonchev–Trinajstić information content (AvgIpc) is 3.39. The molecule has 3 unspecified atom stereocenters. The normalized spacial score (nSPS) is 31.7. The molecule has 3 aliphatic rings. The van der Waals surface area contributed by atoms with Gasteiger partial charge in [-0.3, -0.25) is 4.90 Å². The van der Waals surface area contributed by atoms with Crippen molar-refractivity contribution in [3.8, 4) is 6.07 Å². The molecule has 4 nitrogen and oxygen atoms in total. The van der Waals surface area contributed by atoms with Gasteiger partial charge in [-0.1, -0.05) is 19.3 Å².